The second-order valence-corrected chi connectivity index (χ2v) is 5.31. The number of rotatable bonds is 5. The summed E-state index contributed by atoms with van der Waals surface area (Å²) in [5.41, 5.74) is 5.27. The molecule has 1 aromatic rings. The molecule has 0 radical (unpaired) electrons. The molecule has 1 rings (SSSR count). The Hall–Kier alpha value is -1.44. The largest absolute Gasteiger partial charge is 0.395 e. The SMILES string of the molecule is C[C@H](CO)NS(=O)(=O)c1ccc(C(N)=O)cc1. The maximum Gasteiger partial charge on any atom is 0.248 e. The molecule has 0 aliphatic rings. The Labute approximate surface area is 99.5 Å². The molecular formula is C10H14N2O4S. The minimum Gasteiger partial charge on any atom is -0.395 e. The lowest BCUT2D eigenvalue weighted by atomic mass is 10.2. The zero-order chi connectivity index (χ0) is 13.1. The predicted octanol–water partition coefficient (Wildman–Crippen LogP) is -0.555. The zero-order valence-electron chi connectivity index (χ0n) is 9.25. The van der Waals surface area contributed by atoms with Crippen molar-refractivity contribution in [3.8, 4) is 0 Å². The first-order valence-electron chi connectivity index (χ1n) is 4.90. The molecule has 4 N–H and O–H groups in total. The minimum absolute atomic E-state index is 0.0165. The number of carbonyl (C=O) groups is 1. The van der Waals surface area contributed by atoms with Gasteiger partial charge in [0.1, 0.15) is 0 Å². The molecule has 0 fully saturated rings. The highest BCUT2D eigenvalue weighted by Crippen LogP contribution is 2.10. The Morgan fingerprint density at radius 2 is 1.94 bits per heavy atom. The quantitative estimate of drug-likeness (QED) is 0.658. The highest BCUT2D eigenvalue weighted by atomic mass is 32.2. The normalized spacial score (nSPS) is 13.3. The predicted molar refractivity (Wildman–Crippen MR) is 61.8 cm³/mol. The van der Waals surface area contributed by atoms with Crippen molar-refractivity contribution in [2.24, 2.45) is 5.73 Å². The van der Waals surface area contributed by atoms with E-state index in [-0.39, 0.29) is 17.1 Å². The summed E-state index contributed by atoms with van der Waals surface area (Å²) in [7, 11) is -3.68. The molecule has 1 amide bonds. The van der Waals surface area contributed by atoms with Crippen molar-refractivity contribution in [3.63, 3.8) is 0 Å². The van der Waals surface area contributed by atoms with E-state index in [2.05, 4.69) is 4.72 Å². The van der Waals surface area contributed by atoms with Crippen molar-refractivity contribution in [1.29, 1.82) is 0 Å². The first kappa shape index (κ1) is 13.6. The van der Waals surface area contributed by atoms with Gasteiger partial charge in [-0.15, -0.1) is 0 Å². The molecular weight excluding hydrogens is 244 g/mol. The number of carbonyl (C=O) groups excluding carboxylic acids is 1. The fourth-order valence-corrected chi connectivity index (χ4v) is 2.40. The van der Waals surface area contributed by atoms with Gasteiger partial charge >= 0.3 is 0 Å². The summed E-state index contributed by atoms with van der Waals surface area (Å²) in [6, 6.07) is 4.66. The van der Waals surface area contributed by atoms with Crippen molar-refractivity contribution in [1.82, 2.24) is 4.72 Å². The second kappa shape index (κ2) is 5.26. The lowest BCUT2D eigenvalue weighted by molar-refractivity contribution is 0.1000. The Morgan fingerprint density at radius 3 is 2.35 bits per heavy atom. The van der Waals surface area contributed by atoms with Crippen LogP contribution in [0, 0.1) is 0 Å². The molecule has 0 aliphatic carbocycles. The molecule has 0 aliphatic heterocycles. The van der Waals surface area contributed by atoms with Crippen LogP contribution in [0.2, 0.25) is 0 Å². The topological polar surface area (TPSA) is 109 Å². The fourth-order valence-electron chi connectivity index (χ4n) is 1.17. The van der Waals surface area contributed by atoms with Gasteiger partial charge in [0.05, 0.1) is 11.5 Å². The van der Waals surface area contributed by atoms with Gasteiger partial charge in [0.25, 0.3) is 0 Å². The number of hydrogen-bond acceptors (Lipinski definition) is 4. The van der Waals surface area contributed by atoms with Crippen LogP contribution in [0.3, 0.4) is 0 Å². The maximum absolute atomic E-state index is 11.7. The third-order valence-electron chi connectivity index (χ3n) is 2.08. The average molecular weight is 258 g/mol. The number of aliphatic hydroxyl groups is 1. The van der Waals surface area contributed by atoms with Crippen molar-refractivity contribution in [2.45, 2.75) is 17.9 Å². The van der Waals surface area contributed by atoms with Crippen LogP contribution in [-0.4, -0.2) is 32.1 Å². The molecule has 17 heavy (non-hydrogen) atoms. The van der Waals surface area contributed by atoms with E-state index >= 15 is 0 Å². The number of primary amides is 1. The zero-order valence-corrected chi connectivity index (χ0v) is 10.1. The maximum atomic E-state index is 11.7. The van der Waals surface area contributed by atoms with Crippen molar-refractivity contribution in [3.05, 3.63) is 29.8 Å². The number of benzene rings is 1. The van der Waals surface area contributed by atoms with E-state index < -0.39 is 22.0 Å². The number of amides is 1. The van der Waals surface area contributed by atoms with Gasteiger partial charge in [-0.3, -0.25) is 4.79 Å². The third kappa shape index (κ3) is 3.52. The van der Waals surface area contributed by atoms with Crippen molar-refractivity contribution >= 4 is 15.9 Å². The van der Waals surface area contributed by atoms with E-state index in [1.165, 1.54) is 31.2 Å². The third-order valence-corrected chi connectivity index (χ3v) is 3.68. The highest BCUT2D eigenvalue weighted by Gasteiger charge is 2.16. The summed E-state index contributed by atoms with van der Waals surface area (Å²) in [5.74, 6) is -0.620. The molecule has 0 saturated heterocycles. The smallest absolute Gasteiger partial charge is 0.248 e. The molecule has 0 saturated carbocycles. The molecule has 1 aromatic carbocycles. The number of hydrogen-bond donors (Lipinski definition) is 3. The summed E-state index contributed by atoms with van der Waals surface area (Å²) in [6.07, 6.45) is 0. The van der Waals surface area contributed by atoms with Gasteiger partial charge in [0, 0.05) is 11.6 Å². The van der Waals surface area contributed by atoms with Crippen LogP contribution in [0.25, 0.3) is 0 Å². The average Bonchev–Trinajstić information content (AvgIpc) is 2.28. The van der Waals surface area contributed by atoms with Crippen LogP contribution in [0.15, 0.2) is 29.2 Å². The minimum atomic E-state index is -3.68. The van der Waals surface area contributed by atoms with E-state index in [4.69, 9.17) is 10.8 Å². The van der Waals surface area contributed by atoms with E-state index in [0.717, 1.165) is 0 Å². The molecule has 0 bridgehead atoms. The van der Waals surface area contributed by atoms with Crippen molar-refractivity contribution in [2.75, 3.05) is 6.61 Å². The summed E-state index contributed by atoms with van der Waals surface area (Å²) < 4.78 is 25.8. The Balaban J connectivity index is 2.96. The van der Waals surface area contributed by atoms with Gasteiger partial charge in [0.15, 0.2) is 0 Å². The highest BCUT2D eigenvalue weighted by molar-refractivity contribution is 7.89. The molecule has 94 valence electrons. The van der Waals surface area contributed by atoms with E-state index in [1.54, 1.807) is 0 Å². The number of nitrogens with two attached hydrogens (primary N) is 1. The summed E-state index contributed by atoms with van der Waals surface area (Å²) in [4.78, 5) is 10.8. The first-order valence-corrected chi connectivity index (χ1v) is 6.38. The van der Waals surface area contributed by atoms with Gasteiger partial charge in [0.2, 0.25) is 15.9 Å². The van der Waals surface area contributed by atoms with Gasteiger partial charge in [-0.25, -0.2) is 13.1 Å². The lowest BCUT2D eigenvalue weighted by Crippen LogP contribution is -2.35. The fraction of sp³-hybridized carbons (Fsp3) is 0.300. The van der Waals surface area contributed by atoms with Gasteiger partial charge < -0.3 is 10.8 Å². The first-order chi connectivity index (χ1) is 7.86. The Bertz CT molecular complexity index is 496. The molecule has 1 atom stereocenters. The van der Waals surface area contributed by atoms with E-state index in [1.807, 2.05) is 0 Å². The molecule has 0 unspecified atom stereocenters. The summed E-state index contributed by atoms with van der Waals surface area (Å²) in [5, 5.41) is 8.77. The Morgan fingerprint density at radius 1 is 1.41 bits per heavy atom. The number of sulfonamides is 1. The lowest BCUT2D eigenvalue weighted by Gasteiger charge is -2.11. The van der Waals surface area contributed by atoms with E-state index in [9.17, 15) is 13.2 Å². The van der Waals surface area contributed by atoms with Crippen LogP contribution < -0.4 is 10.5 Å². The van der Waals surface area contributed by atoms with Crippen LogP contribution in [0.5, 0.6) is 0 Å². The molecule has 0 aromatic heterocycles. The molecule has 6 nitrogen and oxygen atoms in total. The monoisotopic (exact) mass is 258 g/mol. The number of aliphatic hydroxyl groups excluding tert-OH is 1. The Kier molecular flexibility index (Phi) is 4.22. The van der Waals surface area contributed by atoms with Gasteiger partial charge in [-0.1, -0.05) is 0 Å². The van der Waals surface area contributed by atoms with Crippen LogP contribution in [0.1, 0.15) is 17.3 Å². The standard InChI is InChI=1S/C10H14N2O4S/c1-7(6-13)12-17(15,16)9-4-2-8(3-5-9)10(11)14/h2-5,7,12-13H,6H2,1H3,(H2,11,14)/t7-/m1/s1. The van der Waals surface area contributed by atoms with Crippen LogP contribution in [0.4, 0.5) is 0 Å². The van der Waals surface area contributed by atoms with E-state index in [0.29, 0.717) is 0 Å². The van der Waals surface area contributed by atoms with Gasteiger partial charge in [-0.05, 0) is 31.2 Å². The van der Waals surface area contributed by atoms with Crippen molar-refractivity contribution < 1.29 is 18.3 Å². The molecule has 0 spiro atoms. The molecule has 7 heteroatoms. The summed E-state index contributed by atoms with van der Waals surface area (Å²) >= 11 is 0. The van der Waals surface area contributed by atoms with Gasteiger partial charge in [-0.2, -0.15) is 0 Å². The van der Waals surface area contributed by atoms with Crippen LogP contribution >= 0.6 is 0 Å². The second-order valence-electron chi connectivity index (χ2n) is 3.59. The summed E-state index contributed by atoms with van der Waals surface area (Å²) in [6.45, 7) is 1.24. The number of nitrogens with one attached hydrogen (secondary N) is 1. The molecule has 0 heterocycles. The van der Waals surface area contributed by atoms with Crippen LogP contribution in [-0.2, 0) is 10.0 Å².